The van der Waals surface area contributed by atoms with Gasteiger partial charge in [-0.3, -0.25) is 4.79 Å². The van der Waals surface area contributed by atoms with Crippen LogP contribution in [0.4, 0.5) is 0 Å². The highest BCUT2D eigenvalue weighted by atomic mass is 35.5. The molecule has 5 rings (SSSR count). The molecule has 3 N–H and O–H groups in total. The molecule has 7 nitrogen and oxygen atoms in total. The quantitative estimate of drug-likeness (QED) is 0.697. The summed E-state index contributed by atoms with van der Waals surface area (Å²) >= 11 is 5.96. The van der Waals surface area contributed by atoms with Gasteiger partial charge in [-0.1, -0.05) is 22.8 Å². The van der Waals surface area contributed by atoms with Crippen molar-refractivity contribution in [1.29, 1.82) is 0 Å². The molecule has 0 saturated heterocycles. The number of carbonyl (C=O) groups is 1. The van der Waals surface area contributed by atoms with Crippen LogP contribution in [0.3, 0.4) is 0 Å². The Morgan fingerprint density at radius 3 is 2.76 bits per heavy atom. The van der Waals surface area contributed by atoms with Crippen molar-refractivity contribution < 1.29 is 24.6 Å². The third-order valence-corrected chi connectivity index (χ3v) is 6.51. The predicted octanol–water partition coefficient (Wildman–Crippen LogP) is 2.46. The number of hydrogen-bond acceptors (Lipinski definition) is 6. The molecule has 2 aliphatic carbocycles. The van der Waals surface area contributed by atoms with Crippen molar-refractivity contribution in [1.82, 2.24) is 5.32 Å². The zero-order valence-electron chi connectivity index (χ0n) is 15.8. The van der Waals surface area contributed by atoms with Gasteiger partial charge in [-0.05, 0) is 37.5 Å². The van der Waals surface area contributed by atoms with Gasteiger partial charge in [0.25, 0.3) is 5.91 Å². The third-order valence-electron chi connectivity index (χ3n) is 6.27. The number of ether oxygens (including phenoxy) is 1. The van der Waals surface area contributed by atoms with Crippen LogP contribution < -0.4 is 10.1 Å². The molecule has 2 heterocycles. The van der Waals surface area contributed by atoms with Crippen molar-refractivity contribution >= 4 is 23.2 Å². The van der Waals surface area contributed by atoms with Gasteiger partial charge in [0.2, 0.25) is 0 Å². The van der Waals surface area contributed by atoms with Crippen LogP contribution in [0.2, 0.25) is 5.02 Å². The summed E-state index contributed by atoms with van der Waals surface area (Å²) in [4.78, 5) is 18.1. The Bertz CT molecular complexity index is 895. The molecule has 1 aromatic carbocycles. The molecule has 0 spiro atoms. The topological polar surface area (TPSA) is 100 Å². The minimum Gasteiger partial charge on any atom is -0.480 e. The second kappa shape index (κ2) is 7.31. The minimum atomic E-state index is -0.789. The standard InChI is InChI=1S/C21H23ClN2O5/c22-12-1-2-18-15(7-12)17(26)9-20(28-18)21(27)23-13-3-10(4-13)16-8-19(29-24-16)11-5-14(25)6-11/h1-3,7,10-11,14,17,19-20,25-26H,4-6,8-9H2,(H,23,27)/t10?,11-,14+,17-,19?,20-/m1/s1. The Labute approximate surface area is 173 Å². The molecular formula is C21H23ClN2O5. The molecule has 4 aliphatic rings. The Kier molecular flexibility index (Phi) is 4.76. The zero-order chi connectivity index (χ0) is 20.1. The SMILES string of the molecule is O=C(NC1=CC(C2=NOC([C@H]3C[C@@H](O)C3)C2)C1)[C@H]1C[C@@H](O)c2cc(Cl)ccc2O1. The molecule has 1 aromatic rings. The summed E-state index contributed by atoms with van der Waals surface area (Å²) < 4.78 is 5.76. The molecule has 4 atom stereocenters. The van der Waals surface area contributed by atoms with Crippen molar-refractivity contribution in [3.05, 3.63) is 40.6 Å². The molecule has 2 unspecified atom stereocenters. The highest BCUT2D eigenvalue weighted by Gasteiger charge is 2.41. The van der Waals surface area contributed by atoms with E-state index in [-0.39, 0.29) is 30.5 Å². The van der Waals surface area contributed by atoms with Gasteiger partial charge in [0.15, 0.2) is 6.10 Å². The number of rotatable bonds is 4. The highest BCUT2D eigenvalue weighted by Crippen LogP contribution is 2.39. The number of oxime groups is 1. The maximum absolute atomic E-state index is 12.6. The van der Waals surface area contributed by atoms with Gasteiger partial charge in [-0.2, -0.15) is 0 Å². The van der Waals surface area contributed by atoms with E-state index in [9.17, 15) is 15.0 Å². The smallest absolute Gasteiger partial charge is 0.265 e. The summed E-state index contributed by atoms with van der Waals surface area (Å²) in [6.45, 7) is 0. The number of aliphatic hydroxyl groups excluding tert-OH is 2. The van der Waals surface area contributed by atoms with E-state index in [0.717, 1.165) is 30.7 Å². The molecule has 0 radical (unpaired) electrons. The van der Waals surface area contributed by atoms with E-state index in [1.165, 1.54) is 0 Å². The molecule has 0 aromatic heterocycles. The van der Waals surface area contributed by atoms with Gasteiger partial charge in [0.05, 0.1) is 17.9 Å². The van der Waals surface area contributed by atoms with E-state index in [0.29, 0.717) is 28.7 Å². The second-order valence-corrected chi connectivity index (χ2v) is 8.78. The summed E-state index contributed by atoms with van der Waals surface area (Å²) in [6, 6.07) is 5.01. The molecule has 154 valence electrons. The molecule has 29 heavy (non-hydrogen) atoms. The van der Waals surface area contributed by atoms with E-state index in [1.54, 1.807) is 18.2 Å². The highest BCUT2D eigenvalue weighted by molar-refractivity contribution is 6.30. The number of carbonyl (C=O) groups excluding carboxylic acids is 1. The maximum Gasteiger partial charge on any atom is 0.265 e. The largest absolute Gasteiger partial charge is 0.480 e. The Balaban J connectivity index is 1.14. The van der Waals surface area contributed by atoms with Gasteiger partial charge in [-0.25, -0.2) is 0 Å². The first-order valence-electron chi connectivity index (χ1n) is 10.0. The molecule has 1 amide bonds. The van der Waals surface area contributed by atoms with Crippen LogP contribution in [-0.2, 0) is 9.63 Å². The zero-order valence-corrected chi connectivity index (χ0v) is 16.5. The average Bonchev–Trinajstić information content (AvgIpc) is 3.10. The lowest BCUT2D eigenvalue weighted by molar-refractivity contribution is -0.129. The normalized spacial score (nSPS) is 35.1. The molecule has 1 saturated carbocycles. The molecular weight excluding hydrogens is 396 g/mol. The number of amides is 1. The molecule has 2 aliphatic heterocycles. The first kappa shape index (κ1) is 18.9. The van der Waals surface area contributed by atoms with Gasteiger partial charge in [0, 0.05) is 41.0 Å². The summed E-state index contributed by atoms with van der Waals surface area (Å²) in [7, 11) is 0. The monoisotopic (exact) mass is 418 g/mol. The van der Waals surface area contributed by atoms with Crippen molar-refractivity contribution in [3.8, 4) is 5.75 Å². The lowest BCUT2D eigenvalue weighted by Gasteiger charge is -2.34. The van der Waals surface area contributed by atoms with Gasteiger partial charge in [-0.15, -0.1) is 0 Å². The number of nitrogens with one attached hydrogen (secondary N) is 1. The van der Waals surface area contributed by atoms with E-state index >= 15 is 0 Å². The fourth-order valence-electron chi connectivity index (χ4n) is 4.39. The summed E-state index contributed by atoms with van der Waals surface area (Å²) in [5.74, 6) is 0.793. The number of fused-ring (bicyclic) bond motifs is 1. The Morgan fingerprint density at radius 2 is 2.00 bits per heavy atom. The van der Waals surface area contributed by atoms with Gasteiger partial charge < -0.3 is 25.1 Å². The summed E-state index contributed by atoms with van der Waals surface area (Å²) in [5.41, 5.74) is 2.45. The maximum atomic E-state index is 12.6. The summed E-state index contributed by atoms with van der Waals surface area (Å²) in [6.07, 6.45) is 3.59. The van der Waals surface area contributed by atoms with Crippen LogP contribution in [-0.4, -0.2) is 40.1 Å². The predicted molar refractivity (Wildman–Crippen MR) is 105 cm³/mol. The number of hydrogen-bond donors (Lipinski definition) is 3. The van der Waals surface area contributed by atoms with Crippen molar-refractivity contribution in [2.45, 2.75) is 56.5 Å². The van der Waals surface area contributed by atoms with Crippen LogP contribution in [0.1, 0.15) is 43.8 Å². The lowest BCUT2D eigenvalue weighted by atomic mass is 9.75. The number of halogens is 1. The number of aliphatic hydroxyl groups is 2. The number of nitrogens with zero attached hydrogens (tertiary/aromatic N) is 1. The minimum absolute atomic E-state index is 0.0751. The van der Waals surface area contributed by atoms with Crippen LogP contribution in [0.25, 0.3) is 0 Å². The van der Waals surface area contributed by atoms with Gasteiger partial charge >= 0.3 is 0 Å². The van der Waals surface area contributed by atoms with E-state index in [1.807, 2.05) is 6.08 Å². The first-order valence-corrected chi connectivity index (χ1v) is 10.4. The van der Waals surface area contributed by atoms with Crippen LogP contribution in [0, 0.1) is 11.8 Å². The molecule has 1 fully saturated rings. The Hall–Kier alpha value is -2.09. The molecule has 0 bridgehead atoms. The second-order valence-electron chi connectivity index (χ2n) is 8.35. The van der Waals surface area contributed by atoms with Crippen LogP contribution in [0.5, 0.6) is 5.75 Å². The third kappa shape index (κ3) is 3.63. The van der Waals surface area contributed by atoms with Crippen molar-refractivity contribution in [3.63, 3.8) is 0 Å². The number of allylic oxidation sites excluding steroid dienone is 2. The fourth-order valence-corrected chi connectivity index (χ4v) is 4.57. The summed E-state index contributed by atoms with van der Waals surface area (Å²) in [5, 5.41) is 27.4. The van der Waals surface area contributed by atoms with E-state index in [2.05, 4.69) is 10.5 Å². The van der Waals surface area contributed by atoms with Gasteiger partial charge in [0.1, 0.15) is 11.9 Å². The number of benzene rings is 1. The van der Waals surface area contributed by atoms with Crippen LogP contribution in [0.15, 0.2) is 35.1 Å². The van der Waals surface area contributed by atoms with E-state index in [4.69, 9.17) is 21.2 Å². The van der Waals surface area contributed by atoms with Crippen molar-refractivity contribution in [2.24, 2.45) is 17.0 Å². The first-order chi connectivity index (χ1) is 14.0. The van der Waals surface area contributed by atoms with Crippen LogP contribution >= 0.6 is 11.6 Å². The lowest BCUT2D eigenvalue weighted by Crippen LogP contribution is -2.43. The fraction of sp³-hybridized carbons (Fsp3) is 0.524. The average molecular weight is 419 g/mol. The molecule has 8 heteroatoms. The van der Waals surface area contributed by atoms with Crippen molar-refractivity contribution in [2.75, 3.05) is 0 Å². The van der Waals surface area contributed by atoms with E-state index < -0.39 is 12.2 Å². The Morgan fingerprint density at radius 1 is 1.21 bits per heavy atom.